The molecular formula is C23H26F2N6O2. The van der Waals surface area contributed by atoms with Crippen LogP contribution in [-0.4, -0.2) is 35.6 Å². The van der Waals surface area contributed by atoms with E-state index in [-0.39, 0.29) is 34.3 Å². The maximum Gasteiger partial charge on any atom is 0.278 e. The summed E-state index contributed by atoms with van der Waals surface area (Å²) in [7, 11) is 0. The van der Waals surface area contributed by atoms with Gasteiger partial charge in [-0.15, -0.1) is 0 Å². The normalized spacial score (nSPS) is 17.4. The molecule has 0 radical (unpaired) electrons. The Balaban J connectivity index is 1.89. The highest BCUT2D eigenvalue weighted by Gasteiger charge is 2.30. The number of hydrogen-bond donors (Lipinski definition) is 3. The summed E-state index contributed by atoms with van der Waals surface area (Å²) in [6.45, 7) is 5.07. The minimum Gasteiger partial charge on any atom is -0.403 e. The van der Waals surface area contributed by atoms with Crippen LogP contribution in [-0.2, 0) is 10.7 Å². The van der Waals surface area contributed by atoms with Crippen molar-refractivity contribution in [2.75, 3.05) is 23.7 Å². The molecule has 174 valence electrons. The maximum absolute atomic E-state index is 13.6. The number of pyridine rings is 1. The molecule has 2 amide bonds. The van der Waals surface area contributed by atoms with Crippen LogP contribution in [0.4, 0.5) is 20.3 Å². The van der Waals surface area contributed by atoms with Crippen molar-refractivity contribution >= 4 is 29.0 Å². The summed E-state index contributed by atoms with van der Waals surface area (Å²) < 4.78 is 27.2. The second kappa shape index (κ2) is 9.35. The molecule has 0 bridgehead atoms. The number of nitrogens with one attached hydrogen (secondary N) is 1. The predicted octanol–water partition coefficient (Wildman–Crippen LogP) is 2.74. The molecule has 5 N–H and O–H groups in total. The molecule has 0 fully saturated rings. The Hall–Kier alpha value is -3.82. The Labute approximate surface area is 190 Å². The lowest BCUT2D eigenvalue weighted by Gasteiger charge is -2.24. The van der Waals surface area contributed by atoms with Crippen molar-refractivity contribution < 1.29 is 18.4 Å². The van der Waals surface area contributed by atoms with E-state index in [1.807, 2.05) is 6.92 Å². The molecule has 1 aliphatic rings. The average Bonchev–Trinajstić information content (AvgIpc) is 2.90. The van der Waals surface area contributed by atoms with Gasteiger partial charge < -0.3 is 21.7 Å². The molecule has 1 aromatic carbocycles. The smallest absolute Gasteiger partial charge is 0.278 e. The van der Waals surface area contributed by atoms with Gasteiger partial charge >= 0.3 is 0 Å². The number of carbonyl (C=O) groups excluding carboxylic acids is 2. The summed E-state index contributed by atoms with van der Waals surface area (Å²) in [5.41, 5.74) is 12.6. The van der Waals surface area contributed by atoms with E-state index in [9.17, 15) is 18.4 Å². The van der Waals surface area contributed by atoms with Gasteiger partial charge in [0.2, 0.25) is 0 Å². The zero-order valence-electron chi connectivity index (χ0n) is 18.6. The molecule has 1 aromatic heterocycles. The molecule has 8 nitrogen and oxygen atoms in total. The van der Waals surface area contributed by atoms with Crippen molar-refractivity contribution in [1.29, 1.82) is 0 Å². The largest absolute Gasteiger partial charge is 0.403 e. The van der Waals surface area contributed by atoms with Gasteiger partial charge in [-0.05, 0) is 36.6 Å². The molecule has 3 rings (SSSR count). The third kappa shape index (κ3) is 5.33. The van der Waals surface area contributed by atoms with Crippen molar-refractivity contribution in [3.8, 4) is 0 Å². The summed E-state index contributed by atoms with van der Waals surface area (Å²) >= 11 is 0. The molecule has 0 spiro atoms. The van der Waals surface area contributed by atoms with E-state index in [2.05, 4.69) is 15.3 Å². The monoisotopic (exact) mass is 456 g/mol. The minimum atomic E-state index is -2.99. The van der Waals surface area contributed by atoms with Gasteiger partial charge in [-0.25, -0.2) is 13.8 Å². The number of carbonyl (C=O) groups is 2. The van der Waals surface area contributed by atoms with Crippen molar-refractivity contribution in [1.82, 2.24) is 10.3 Å². The lowest BCUT2D eigenvalue weighted by atomic mass is 10.1. The summed E-state index contributed by atoms with van der Waals surface area (Å²) in [6.07, 6.45) is 2.44. The van der Waals surface area contributed by atoms with Gasteiger partial charge in [-0.2, -0.15) is 0 Å². The average molecular weight is 456 g/mol. The number of amides is 2. The van der Waals surface area contributed by atoms with E-state index in [1.165, 1.54) is 35.4 Å². The standard InChI is InChI=1S/C23H26F2N6O2/c1-13-10-29-20(18(9-26)30-21(32)17-11-28-19(27)8-14(17)2)22(33)31(12-13)16-6-4-15(5-7-16)23(3,24)25/h4-9,11,13H,10,12,26H2,1-3H3,(H2,27,28)(H,30,32)/t13-/m1/s1. The fourth-order valence-corrected chi connectivity index (χ4v) is 3.44. The Morgan fingerprint density at radius 2 is 1.97 bits per heavy atom. The first-order valence-electron chi connectivity index (χ1n) is 10.3. The maximum atomic E-state index is 13.6. The summed E-state index contributed by atoms with van der Waals surface area (Å²) in [4.78, 5) is 35.9. The number of nitrogen functional groups attached to an aromatic ring is 1. The number of rotatable bonds is 5. The first kappa shape index (κ1) is 23.8. The van der Waals surface area contributed by atoms with Gasteiger partial charge in [0, 0.05) is 43.7 Å². The van der Waals surface area contributed by atoms with Gasteiger partial charge in [0.1, 0.15) is 11.5 Å². The second-order valence-electron chi connectivity index (χ2n) is 8.10. The van der Waals surface area contributed by atoms with Crippen LogP contribution >= 0.6 is 0 Å². The molecule has 1 aliphatic heterocycles. The van der Waals surface area contributed by atoms with Gasteiger partial charge in [-0.1, -0.05) is 19.1 Å². The Morgan fingerprint density at radius 3 is 2.55 bits per heavy atom. The molecule has 0 saturated heterocycles. The Bertz CT molecular complexity index is 1120. The van der Waals surface area contributed by atoms with Crippen LogP contribution in [0.5, 0.6) is 0 Å². The minimum absolute atomic E-state index is 0.0167. The number of aromatic nitrogens is 1. The fourth-order valence-electron chi connectivity index (χ4n) is 3.44. The predicted molar refractivity (Wildman–Crippen MR) is 123 cm³/mol. The van der Waals surface area contributed by atoms with Crippen molar-refractivity contribution in [3.63, 3.8) is 0 Å². The van der Waals surface area contributed by atoms with Crippen LogP contribution in [0.1, 0.15) is 35.3 Å². The molecule has 1 atom stereocenters. The highest BCUT2D eigenvalue weighted by Crippen LogP contribution is 2.29. The Kier molecular flexibility index (Phi) is 6.75. The highest BCUT2D eigenvalue weighted by atomic mass is 19.3. The molecule has 0 aliphatic carbocycles. The van der Waals surface area contributed by atoms with Gasteiger partial charge in [0.25, 0.3) is 17.7 Å². The third-order valence-corrected chi connectivity index (χ3v) is 5.24. The van der Waals surface area contributed by atoms with Crippen LogP contribution in [0.25, 0.3) is 0 Å². The molecule has 33 heavy (non-hydrogen) atoms. The lowest BCUT2D eigenvalue weighted by molar-refractivity contribution is -0.112. The molecule has 2 heterocycles. The number of nitrogens with zero attached hydrogens (tertiary/aromatic N) is 3. The van der Waals surface area contributed by atoms with Crippen molar-refractivity contribution in [2.45, 2.75) is 26.7 Å². The van der Waals surface area contributed by atoms with Crippen molar-refractivity contribution in [2.24, 2.45) is 16.6 Å². The van der Waals surface area contributed by atoms with E-state index in [0.29, 0.717) is 24.3 Å². The van der Waals surface area contributed by atoms with E-state index < -0.39 is 17.7 Å². The first-order chi connectivity index (χ1) is 15.5. The van der Waals surface area contributed by atoms with Gasteiger partial charge in [0.05, 0.1) is 11.3 Å². The topological polar surface area (TPSA) is 127 Å². The number of hydrogen-bond acceptors (Lipinski definition) is 6. The van der Waals surface area contributed by atoms with Crippen LogP contribution in [0, 0.1) is 12.8 Å². The molecule has 0 saturated carbocycles. The van der Waals surface area contributed by atoms with E-state index in [0.717, 1.165) is 13.1 Å². The number of aryl methyl sites for hydroxylation is 1. The number of halogens is 2. The fraction of sp³-hybridized carbons (Fsp3) is 0.304. The molecular weight excluding hydrogens is 430 g/mol. The van der Waals surface area contributed by atoms with E-state index in [4.69, 9.17) is 11.5 Å². The summed E-state index contributed by atoms with van der Waals surface area (Å²) in [5.74, 6) is -3.75. The molecule has 2 aromatic rings. The van der Waals surface area contributed by atoms with E-state index >= 15 is 0 Å². The van der Waals surface area contributed by atoms with Gasteiger partial charge in [0.15, 0.2) is 0 Å². The number of alkyl halides is 2. The van der Waals surface area contributed by atoms with Crippen LogP contribution < -0.4 is 21.7 Å². The zero-order valence-corrected chi connectivity index (χ0v) is 18.6. The van der Waals surface area contributed by atoms with E-state index in [1.54, 1.807) is 13.0 Å². The number of anilines is 2. The Morgan fingerprint density at radius 1 is 1.30 bits per heavy atom. The summed E-state index contributed by atoms with van der Waals surface area (Å²) in [6, 6.07) is 7.06. The zero-order chi connectivity index (χ0) is 24.3. The molecule has 10 heteroatoms. The van der Waals surface area contributed by atoms with Crippen LogP contribution in [0.2, 0.25) is 0 Å². The van der Waals surface area contributed by atoms with Crippen LogP contribution in [0.3, 0.4) is 0 Å². The SMILES string of the molecule is Cc1cc(N)ncc1C(=O)NC(=CN)C1=NC[C@@H](C)CN(c2ccc(C(C)(F)F)cc2)C1=O. The first-order valence-corrected chi connectivity index (χ1v) is 10.3. The third-order valence-electron chi connectivity index (χ3n) is 5.24. The second-order valence-corrected chi connectivity index (χ2v) is 8.10. The van der Waals surface area contributed by atoms with Crippen LogP contribution in [0.15, 0.2) is 53.4 Å². The highest BCUT2D eigenvalue weighted by molar-refractivity contribution is 6.49. The number of aliphatic imine (C=N–C) groups is 1. The quantitative estimate of drug-likeness (QED) is 0.638. The lowest BCUT2D eigenvalue weighted by Crippen LogP contribution is -2.41. The number of nitrogens with two attached hydrogens (primary N) is 2. The molecule has 0 unspecified atom stereocenters. The van der Waals surface area contributed by atoms with Gasteiger partial charge in [-0.3, -0.25) is 14.6 Å². The van der Waals surface area contributed by atoms with Crippen molar-refractivity contribution in [3.05, 3.63) is 65.1 Å². The summed E-state index contributed by atoms with van der Waals surface area (Å²) in [5, 5.41) is 2.63. The number of benzene rings is 1.